The molecule has 0 spiro atoms. The molecule has 2 N–H and O–H groups in total. The van der Waals surface area contributed by atoms with Crippen LogP contribution < -0.4 is 10.6 Å². The van der Waals surface area contributed by atoms with Crippen LogP contribution in [0.15, 0.2) is 60.7 Å². The fraction of sp³-hybridized carbons (Fsp3) is 0.273. The number of hydrogen-bond donors (Lipinski definition) is 2. The maximum Gasteiger partial charge on any atom is 0.328 e. The van der Waals surface area contributed by atoms with Crippen LogP contribution >= 0.6 is 0 Å². The summed E-state index contributed by atoms with van der Waals surface area (Å²) >= 11 is 0. The monoisotopic (exact) mass is 412 g/mol. The van der Waals surface area contributed by atoms with Gasteiger partial charge in [-0.25, -0.2) is 9.59 Å². The molecule has 8 nitrogen and oxygen atoms in total. The second kappa shape index (κ2) is 11.4. The Bertz CT molecular complexity index is 870. The zero-order valence-corrected chi connectivity index (χ0v) is 16.8. The molecule has 0 bridgehead atoms. The fourth-order valence-electron chi connectivity index (χ4n) is 2.61. The highest BCUT2D eigenvalue weighted by molar-refractivity contribution is 5.96. The van der Waals surface area contributed by atoms with Gasteiger partial charge in [-0.15, -0.1) is 0 Å². The van der Waals surface area contributed by atoms with Crippen molar-refractivity contribution in [1.82, 2.24) is 10.6 Å². The van der Waals surface area contributed by atoms with E-state index >= 15 is 0 Å². The molecule has 158 valence electrons. The van der Waals surface area contributed by atoms with E-state index in [2.05, 4.69) is 10.6 Å². The summed E-state index contributed by atoms with van der Waals surface area (Å²) in [4.78, 5) is 48.3. The Labute approximate surface area is 174 Å². The number of esters is 2. The van der Waals surface area contributed by atoms with Gasteiger partial charge in [0.05, 0.1) is 7.11 Å². The predicted octanol–water partition coefficient (Wildman–Crippen LogP) is 1.25. The van der Waals surface area contributed by atoms with E-state index in [0.717, 1.165) is 5.56 Å². The number of rotatable bonds is 9. The van der Waals surface area contributed by atoms with Gasteiger partial charge >= 0.3 is 11.9 Å². The van der Waals surface area contributed by atoms with E-state index in [1.54, 1.807) is 30.3 Å². The molecule has 0 radical (unpaired) electrons. The van der Waals surface area contributed by atoms with Crippen molar-refractivity contribution in [2.75, 3.05) is 13.7 Å². The smallest absolute Gasteiger partial charge is 0.328 e. The van der Waals surface area contributed by atoms with E-state index in [-0.39, 0.29) is 6.42 Å². The minimum atomic E-state index is -0.953. The first-order valence-electron chi connectivity index (χ1n) is 9.34. The zero-order chi connectivity index (χ0) is 21.9. The van der Waals surface area contributed by atoms with Gasteiger partial charge in [0, 0.05) is 12.0 Å². The lowest BCUT2D eigenvalue weighted by Gasteiger charge is -2.17. The molecule has 0 aliphatic carbocycles. The maximum absolute atomic E-state index is 12.2. The highest BCUT2D eigenvalue weighted by Gasteiger charge is 2.24. The van der Waals surface area contributed by atoms with E-state index in [4.69, 9.17) is 9.47 Å². The third-order valence-corrected chi connectivity index (χ3v) is 4.19. The summed E-state index contributed by atoms with van der Waals surface area (Å²) < 4.78 is 9.68. The average molecular weight is 412 g/mol. The number of methoxy groups -OCH3 is 1. The van der Waals surface area contributed by atoms with Gasteiger partial charge in [-0.3, -0.25) is 9.59 Å². The fourth-order valence-corrected chi connectivity index (χ4v) is 2.61. The number of ether oxygens (including phenoxy) is 2. The van der Waals surface area contributed by atoms with Crippen LogP contribution in [0.3, 0.4) is 0 Å². The molecular formula is C22H24N2O6. The van der Waals surface area contributed by atoms with Crippen molar-refractivity contribution in [2.24, 2.45) is 0 Å². The molecule has 0 aliphatic heterocycles. The first-order chi connectivity index (χ1) is 14.4. The number of amides is 2. The van der Waals surface area contributed by atoms with Gasteiger partial charge in [-0.1, -0.05) is 48.5 Å². The van der Waals surface area contributed by atoms with Crippen molar-refractivity contribution >= 4 is 23.8 Å². The van der Waals surface area contributed by atoms with Crippen LogP contribution in [0.1, 0.15) is 22.8 Å². The summed E-state index contributed by atoms with van der Waals surface area (Å²) in [5.74, 6) is -2.47. The predicted molar refractivity (Wildman–Crippen MR) is 108 cm³/mol. The van der Waals surface area contributed by atoms with E-state index in [9.17, 15) is 19.2 Å². The number of hydrogen-bond acceptors (Lipinski definition) is 6. The number of carbonyl (C=O) groups excluding carboxylic acids is 4. The van der Waals surface area contributed by atoms with Crippen LogP contribution in [0, 0.1) is 0 Å². The number of benzene rings is 2. The molecule has 1 unspecified atom stereocenters. The lowest BCUT2D eigenvalue weighted by Crippen LogP contribution is -2.46. The van der Waals surface area contributed by atoms with E-state index in [1.165, 1.54) is 14.0 Å². The molecule has 2 amide bonds. The third-order valence-electron chi connectivity index (χ3n) is 4.19. The second-order valence-electron chi connectivity index (χ2n) is 6.50. The molecule has 0 saturated carbocycles. The maximum atomic E-state index is 12.2. The van der Waals surface area contributed by atoms with Gasteiger partial charge < -0.3 is 20.1 Å². The minimum absolute atomic E-state index is 0.233. The SMILES string of the molecule is COC(=O)C(Cc1ccccc1)NC(=O)COC(=O)[C@H](C)NC(=O)c1ccccc1. The second-order valence-corrected chi connectivity index (χ2v) is 6.50. The Kier molecular flexibility index (Phi) is 8.56. The van der Waals surface area contributed by atoms with Crippen molar-refractivity contribution < 1.29 is 28.7 Å². The average Bonchev–Trinajstić information content (AvgIpc) is 2.77. The molecule has 30 heavy (non-hydrogen) atoms. The van der Waals surface area contributed by atoms with E-state index in [1.807, 2.05) is 30.3 Å². The first kappa shape index (κ1) is 22.6. The molecule has 0 fully saturated rings. The van der Waals surface area contributed by atoms with Gasteiger partial charge in [0.1, 0.15) is 12.1 Å². The quantitative estimate of drug-likeness (QED) is 0.600. The molecule has 8 heteroatoms. The molecule has 2 aromatic rings. The van der Waals surface area contributed by atoms with Crippen LogP contribution in [-0.2, 0) is 30.3 Å². The standard InChI is InChI=1S/C22H24N2O6/c1-15(23-20(26)17-11-7-4-8-12-17)21(27)30-14-19(25)24-18(22(28)29-2)13-16-9-5-3-6-10-16/h3-12,15,18H,13-14H2,1-2H3,(H,23,26)(H,24,25)/t15-,18?/m0/s1. The molecular weight excluding hydrogens is 388 g/mol. The number of carbonyl (C=O) groups is 4. The zero-order valence-electron chi connectivity index (χ0n) is 16.8. The third kappa shape index (κ3) is 7.05. The van der Waals surface area contributed by atoms with Crippen molar-refractivity contribution in [1.29, 1.82) is 0 Å². The lowest BCUT2D eigenvalue weighted by atomic mass is 10.1. The van der Waals surface area contributed by atoms with Gasteiger partial charge in [-0.2, -0.15) is 0 Å². The topological polar surface area (TPSA) is 111 Å². The highest BCUT2D eigenvalue weighted by atomic mass is 16.5. The van der Waals surface area contributed by atoms with E-state index in [0.29, 0.717) is 5.56 Å². The van der Waals surface area contributed by atoms with Gasteiger partial charge in [0.25, 0.3) is 11.8 Å². The summed E-state index contributed by atoms with van der Waals surface area (Å²) in [5, 5.41) is 5.00. The first-order valence-corrected chi connectivity index (χ1v) is 9.34. The van der Waals surface area contributed by atoms with Crippen LogP contribution in [0.5, 0.6) is 0 Å². The van der Waals surface area contributed by atoms with Crippen LogP contribution in [0.4, 0.5) is 0 Å². The van der Waals surface area contributed by atoms with Crippen molar-refractivity contribution in [3.05, 3.63) is 71.8 Å². The summed E-state index contributed by atoms with van der Waals surface area (Å²) in [5.41, 5.74) is 1.24. The molecule has 2 aromatic carbocycles. The summed E-state index contributed by atoms with van der Waals surface area (Å²) in [6.45, 7) is 0.862. The van der Waals surface area contributed by atoms with Crippen molar-refractivity contribution in [3.63, 3.8) is 0 Å². The molecule has 2 atom stereocenters. The largest absolute Gasteiger partial charge is 0.467 e. The highest BCUT2D eigenvalue weighted by Crippen LogP contribution is 2.05. The summed E-state index contributed by atoms with van der Waals surface area (Å²) in [6, 6.07) is 15.6. The van der Waals surface area contributed by atoms with Crippen LogP contribution in [-0.4, -0.2) is 49.6 Å². The molecule has 0 saturated heterocycles. The minimum Gasteiger partial charge on any atom is -0.467 e. The van der Waals surface area contributed by atoms with Crippen molar-refractivity contribution in [2.45, 2.75) is 25.4 Å². The van der Waals surface area contributed by atoms with Gasteiger partial charge in [-0.05, 0) is 24.6 Å². The lowest BCUT2D eigenvalue weighted by molar-refractivity contribution is -0.151. The Morgan fingerprint density at radius 1 is 0.867 bits per heavy atom. The Balaban J connectivity index is 1.84. The Morgan fingerprint density at radius 3 is 2.07 bits per heavy atom. The Hall–Kier alpha value is -3.68. The van der Waals surface area contributed by atoms with E-state index < -0.39 is 42.4 Å². The van der Waals surface area contributed by atoms with Gasteiger partial charge in [0.2, 0.25) is 0 Å². The Morgan fingerprint density at radius 2 is 1.47 bits per heavy atom. The molecule has 2 rings (SSSR count). The van der Waals surface area contributed by atoms with Gasteiger partial charge in [0.15, 0.2) is 6.61 Å². The molecule has 0 aromatic heterocycles. The number of nitrogens with one attached hydrogen (secondary N) is 2. The molecule has 0 heterocycles. The van der Waals surface area contributed by atoms with Crippen LogP contribution in [0.2, 0.25) is 0 Å². The van der Waals surface area contributed by atoms with Crippen molar-refractivity contribution in [3.8, 4) is 0 Å². The molecule has 0 aliphatic rings. The normalized spacial score (nSPS) is 12.2. The summed E-state index contributed by atoms with van der Waals surface area (Å²) in [6.07, 6.45) is 0.233. The summed E-state index contributed by atoms with van der Waals surface area (Å²) in [7, 11) is 1.23. The van der Waals surface area contributed by atoms with Crippen LogP contribution in [0.25, 0.3) is 0 Å².